The Morgan fingerprint density at radius 2 is 1.84 bits per heavy atom. The van der Waals surface area contributed by atoms with Gasteiger partial charge in [0.1, 0.15) is 18.0 Å². The van der Waals surface area contributed by atoms with E-state index in [9.17, 15) is 9.59 Å². The van der Waals surface area contributed by atoms with Gasteiger partial charge in [0.25, 0.3) is 5.78 Å². The molecule has 3 heterocycles. The topological polar surface area (TPSA) is 111 Å². The summed E-state index contributed by atoms with van der Waals surface area (Å²) in [6.45, 7) is 5.80. The minimum absolute atomic E-state index is 0.0265. The number of esters is 1. The van der Waals surface area contributed by atoms with Gasteiger partial charge in [-0.15, -0.1) is 16.4 Å². The number of aromatic nitrogens is 5. The van der Waals surface area contributed by atoms with E-state index in [0.29, 0.717) is 22.3 Å². The van der Waals surface area contributed by atoms with Gasteiger partial charge in [0.2, 0.25) is 5.91 Å². The number of hydrogen-bond donors (Lipinski definition) is 1. The number of benzene rings is 1. The fourth-order valence-corrected chi connectivity index (χ4v) is 3.87. The molecule has 0 aliphatic rings. The molecule has 0 fully saturated rings. The smallest absolute Gasteiger partial charge is 0.313 e. The molecule has 0 radical (unpaired) electrons. The first-order valence-electron chi connectivity index (χ1n) is 10.0. The minimum atomic E-state index is -0.457. The Bertz CT molecular complexity index is 1280. The number of nitrogens with zero attached hydrogens (tertiary/aromatic N) is 5. The van der Waals surface area contributed by atoms with Crippen molar-refractivity contribution in [3.05, 3.63) is 69.2 Å². The number of aryl methyl sites for hydroxylation is 3. The first kappa shape index (κ1) is 21.6. The summed E-state index contributed by atoms with van der Waals surface area (Å²) in [6, 6.07) is 9.48. The highest BCUT2D eigenvalue weighted by atomic mass is 32.1. The molecule has 32 heavy (non-hydrogen) atoms. The van der Waals surface area contributed by atoms with Crippen LogP contribution in [0.5, 0.6) is 0 Å². The number of anilines is 1. The Morgan fingerprint density at radius 3 is 2.62 bits per heavy atom. The predicted octanol–water partition coefficient (Wildman–Crippen LogP) is 2.97. The molecule has 1 N–H and O–H groups in total. The first-order chi connectivity index (χ1) is 15.4. The summed E-state index contributed by atoms with van der Waals surface area (Å²) in [5.41, 5.74) is 4.19. The van der Waals surface area contributed by atoms with Crippen LogP contribution in [0.2, 0.25) is 0 Å². The highest BCUT2D eigenvalue weighted by Crippen LogP contribution is 2.14. The summed E-state index contributed by atoms with van der Waals surface area (Å²) in [5.74, 6) is 0.201. The number of rotatable bonds is 7. The second-order valence-corrected chi connectivity index (χ2v) is 8.38. The van der Waals surface area contributed by atoms with Crippen LogP contribution in [0.1, 0.15) is 33.5 Å². The summed E-state index contributed by atoms with van der Waals surface area (Å²) >= 11 is 1.35. The van der Waals surface area contributed by atoms with Gasteiger partial charge in [0, 0.05) is 22.5 Å². The molecule has 3 aromatic heterocycles. The van der Waals surface area contributed by atoms with Crippen LogP contribution >= 0.6 is 11.3 Å². The lowest BCUT2D eigenvalue weighted by Gasteiger charge is -2.04. The van der Waals surface area contributed by atoms with Crippen LogP contribution in [-0.4, -0.2) is 36.4 Å². The first-order valence-corrected chi connectivity index (χ1v) is 10.9. The van der Waals surface area contributed by atoms with E-state index in [4.69, 9.17) is 4.74 Å². The van der Waals surface area contributed by atoms with E-state index in [1.54, 1.807) is 9.90 Å². The zero-order valence-corrected chi connectivity index (χ0v) is 18.8. The third-order valence-electron chi connectivity index (χ3n) is 4.59. The number of fused-ring (bicyclic) bond motifs is 1. The molecule has 0 unspecified atom stereocenters. The largest absolute Gasteiger partial charge is 0.459 e. The van der Waals surface area contributed by atoms with Gasteiger partial charge in [0.15, 0.2) is 5.82 Å². The van der Waals surface area contributed by atoms with Crippen molar-refractivity contribution in [1.82, 2.24) is 24.6 Å². The lowest BCUT2D eigenvalue weighted by Crippen LogP contribution is -2.14. The number of amides is 1. The van der Waals surface area contributed by atoms with Crippen molar-refractivity contribution in [2.45, 2.75) is 40.2 Å². The molecule has 0 bridgehead atoms. The van der Waals surface area contributed by atoms with Crippen LogP contribution in [0.3, 0.4) is 0 Å². The fourth-order valence-electron chi connectivity index (χ4n) is 3.09. The summed E-state index contributed by atoms with van der Waals surface area (Å²) < 4.78 is 6.90. The highest BCUT2D eigenvalue weighted by Gasteiger charge is 2.14. The lowest BCUT2D eigenvalue weighted by molar-refractivity contribution is -0.144. The maximum Gasteiger partial charge on any atom is 0.313 e. The number of thiazole rings is 1. The Kier molecular flexibility index (Phi) is 6.22. The Balaban J connectivity index is 1.28. The van der Waals surface area contributed by atoms with Crippen molar-refractivity contribution in [2.24, 2.45) is 0 Å². The van der Waals surface area contributed by atoms with Crippen LogP contribution in [0.4, 0.5) is 5.69 Å². The molecule has 10 heteroatoms. The van der Waals surface area contributed by atoms with Crippen molar-refractivity contribution in [3.63, 3.8) is 0 Å². The fraction of sp³-hybridized carbons (Fsp3) is 0.273. The van der Waals surface area contributed by atoms with E-state index < -0.39 is 5.97 Å². The average molecular weight is 451 g/mol. The monoisotopic (exact) mass is 450 g/mol. The molecule has 1 amide bonds. The van der Waals surface area contributed by atoms with E-state index >= 15 is 0 Å². The maximum absolute atomic E-state index is 12.2. The molecular formula is C22H22N6O3S. The molecule has 4 aromatic rings. The van der Waals surface area contributed by atoms with Gasteiger partial charge in [0.05, 0.1) is 12.1 Å². The lowest BCUT2D eigenvalue weighted by atomic mass is 10.2. The van der Waals surface area contributed by atoms with E-state index in [2.05, 4.69) is 25.4 Å². The number of hydrogen-bond acceptors (Lipinski definition) is 8. The molecule has 164 valence electrons. The third-order valence-corrected chi connectivity index (χ3v) is 5.49. The SMILES string of the molecule is Cc1ccc(NC(=O)Cc2nc(COC(=O)Cc3nc4nc(C)cc(C)n4n3)cs2)cc1. The summed E-state index contributed by atoms with van der Waals surface area (Å²) in [5, 5.41) is 9.58. The van der Waals surface area contributed by atoms with Gasteiger partial charge >= 0.3 is 5.97 Å². The van der Waals surface area contributed by atoms with Crippen molar-refractivity contribution >= 4 is 34.7 Å². The molecule has 9 nitrogen and oxygen atoms in total. The Hall–Kier alpha value is -3.66. The summed E-state index contributed by atoms with van der Waals surface area (Å²) in [6.07, 6.45) is 0.0984. The average Bonchev–Trinajstić information content (AvgIpc) is 3.34. The van der Waals surface area contributed by atoms with Crippen LogP contribution < -0.4 is 5.32 Å². The van der Waals surface area contributed by atoms with Crippen molar-refractivity contribution in [1.29, 1.82) is 0 Å². The predicted molar refractivity (Wildman–Crippen MR) is 119 cm³/mol. The second kappa shape index (κ2) is 9.23. The number of carbonyl (C=O) groups excluding carboxylic acids is 2. The molecule has 4 rings (SSSR count). The number of nitrogens with one attached hydrogen (secondary N) is 1. The molecule has 0 saturated carbocycles. The maximum atomic E-state index is 12.2. The summed E-state index contributed by atoms with van der Waals surface area (Å²) in [7, 11) is 0. The molecule has 0 aliphatic carbocycles. The summed E-state index contributed by atoms with van der Waals surface area (Å²) in [4.78, 5) is 37.4. The van der Waals surface area contributed by atoms with Gasteiger partial charge in [-0.25, -0.2) is 14.5 Å². The molecule has 0 aliphatic heterocycles. The minimum Gasteiger partial charge on any atom is -0.459 e. The third kappa shape index (κ3) is 5.33. The van der Waals surface area contributed by atoms with Crippen LogP contribution in [0, 0.1) is 20.8 Å². The highest BCUT2D eigenvalue weighted by molar-refractivity contribution is 7.09. The van der Waals surface area contributed by atoms with Crippen LogP contribution in [0.15, 0.2) is 35.7 Å². The number of carbonyl (C=O) groups is 2. The van der Waals surface area contributed by atoms with Gasteiger partial charge < -0.3 is 10.1 Å². The van der Waals surface area contributed by atoms with Gasteiger partial charge in [-0.2, -0.15) is 4.98 Å². The van der Waals surface area contributed by atoms with Crippen molar-refractivity contribution in [2.75, 3.05) is 5.32 Å². The van der Waals surface area contributed by atoms with Crippen LogP contribution in [0.25, 0.3) is 5.78 Å². The quantitative estimate of drug-likeness (QED) is 0.431. The van der Waals surface area contributed by atoms with Crippen molar-refractivity contribution < 1.29 is 14.3 Å². The standard InChI is InChI=1S/C22H22N6O3S/c1-13-4-6-16(7-5-13)24-19(29)10-20-25-17(12-32-20)11-31-21(30)9-18-26-22-23-14(2)8-15(3)28(22)27-18/h4-8,12H,9-11H2,1-3H3,(H,24,29). The van der Waals surface area contributed by atoms with E-state index in [0.717, 1.165) is 22.6 Å². The van der Waals surface area contributed by atoms with E-state index in [-0.39, 0.29) is 25.4 Å². The molecular weight excluding hydrogens is 428 g/mol. The molecule has 0 saturated heterocycles. The normalized spacial score (nSPS) is 11.0. The van der Waals surface area contributed by atoms with Gasteiger partial charge in [-0.3, -0.25) is 9.59 Å². The van der Waals surface area contributed by atoms with E-state index in [1.807, 2.05) is 51.1 Å². The Morgan fingerprint density at radius 1 is 1.06 bits per heavy atom. The van der Waals surface area contributed by atoms with Gasteiger partial charge in [-0.1, -0.05) is 17.7 Å². The van der Waals surface area contributed by atoms with Gasteiger partial charge in [-0.05, 0) is 39.0 Å². The number of ether oxygens (including phenoxy) is 1. The zero-order chi connectivity index (χ0) is 22.7. The van der Waals surface area contributed by atoms with Crippen molar-refractivity contribution in [3.8, 4) is 0 Å². The Labute approximate surface area is 188 Å². The van der Waals surface area contributed by atoms with E-state index in [1.165, 1.54) is 11.3 Å². The second-order valence-electron chi connectivity index (χ2n) is 7.44. The molecule has 1 aromatic carbocycles. The van der Waals surface area contributed by atoms with Crippen LogP contribution in [-0.2, 0) is 33.8 Å². The molecule has 0 atom stereocenters. The zero-order valence-electron chi connectivity index (χ0n) is 18.0. The molecule has 0 spiro atoms.